The van der Waals surface area contributed by atoms with Crippen molar-refractivity contribution >= 4 is 44.9 Å². The summed E-state index contributed by atoms with van der Waals surface area (Å²) in [5.41, 5.74) is -0.171. The van der Waals surface area contributed by atoms with Gasteiger partial charge in [-0.15, -0.1) is 0 Å². The topological polar surface area (TPSA) is 90.0 Å². The van der Waals surface area contributed by atoms with Crippen molar-refractivity contribution in [2.24, 2.45) is 0 Å². The van der Waals surface area contributed by atoms with Crippen LogP contribution in [-0.4, -0.2) is 62.4 Å². The van der Waals surface area contributed by atoms with Crippen LogP contribution in [0.1, 0.15) is 31.7 Å². The predicted octanol–water partition coefficient (Wildman–Crippen LogP) is 4.97. The number of hydrogen-bond acceptors (Lipinski definition) is 6. The van der Waals surface area contributed by atoms with E-state index in [2.05, 4.69) is 0 Å². The van der Waals surface area contributed by atoms with Crippen molar-refractivity contribution in [2.75, 3.05) is 13.7 Å². The van der Waals surface area contributed by atoms with Gasteiger partial charge >= 0.3 is 12.1 Å². The summed E-state index contributed by atoms with van der Waals surface area (Å²) in [5, 5.41) is -1.04. The third-order valence-corrected chi connectivity index (χ3v) is 9.84. The Morgan fingerprint density at radius 1 is 1.11 bits per heavy atom. The second kappa shape index (κ2) is 10.2. The zero-order valence-electron chi connectivity index (χ0n) is 20.3. The summed E-state index contributed by atoms with van der Waals surface area (Å²) in [4.78, 5) is 27.2. The molecule has 0 bridgehead atoms. The molecule has 2 aromatic rings. The highest BCUT2D eigenvalue weighted by Gasteiger charge is 2.57. The van der Waals surface area contributed by atoms with Crippen LogP contribution in [0.5, 0.6) is 5.75 Å². The third kappa shape index (κ3) is 5.33. The normalized spacial score (nSPS) is 21.6. The van der Waals surface area contributed by atoms with E-state index in [0.29, 0.717) is 23.4 Å². The SMILES string of the molecule is COC(=O)[C@@H]1C[C@@H](S(=O)(=O)c2ccc(O[C@@H](C)C(F)(F)F)cc2Cl)CN1C(=O)C1(c2ccc(Cl)cc2)CC1. The quantitative estimate of drug-likeness (QED) is 0.421. The molecule has 4 rings (SSSR count). The first-order chi connectivity index (χ1) is 17.7. The highest BCUT2D eigenvalue weighted by molar-refractivity contribution is 7.92. The lowest BCUT2D eigenvalue weighted by atomic mass is 9.94. The van der Waals surface area contributed by atoms with Gasteiger partial charge in [0.2, 0.25) is 5.91 Å². The number of amides is 1. The summed E-state index contributed by atoms with van der Waals surface area (Å²) < 4.78 is 75.2. The number of esters is 1. The average molecular weight is 594 g/mol. The molecular formula is C25H24Cl2F3NO6S. The average Bonchev–Trinajstić information content (AvgIpc) is 3.53. The number of sulfone groups is 1. The number of halogens is 5. The van der Waals surface area contributed by atoms with Crippen LogP contribution in [0.3, 0.4) is 0 Å². The van der Waals surface area contributed by atoms with E-state index >= 15 is 0 Å². The van der Waals surface area contributed by atoms with Crippen LogP contribution in [0.25, 0.3) is 0 Å². The summed E-state index contributed by atoms with van der Waals surface area (Å²) in [7, 11) is -3.06. The molecule has 0 N–H and O–H groups in total. The lowest BCUT2D eigenvalue weighted by Gasteiger charge is -2.27. The van der Waals surface area contributed by atoms with Gasteiger partial charge in [0.15, 0.2) is 15.9 Å². The fourth-order valence-corrected chi connectivity index (χ4v) is 7.00. The molecule has 1 amide bonds. The second-order valence-electron chi connectivity index (χ2n) is 9.38. The molecule has 1 saturated heterocycles. The predicted molar refractivity (Wildman–Crippen MR) is 133 cm³/mol. The molecule has 206 valence electrons. The number of carbonyl (C=O) groups excluding carboxylic acids is 2. The Bertz CT molecular complexity index is 1350. The number of methoxy groups -OCH3 is 1. The van der Waals surface area contributed by atoms with Gasteiger partial charge < -0.3 is 14.4 Å². The van der Waals surface area contributed by atoms with E-state index < -0.39 is 44.8 Å². The Morgan fingerprint density at radius 2 is 1.74 bits per heavy atom. The molecule has 0 aromatic heterocycles. The molecule has 2 aliphatic rings. The number of benzene rings is 2. The van der Waals surface area contributed by atoms with E-state index in [1.165, 1.54) is 4.90 Å². The van der Waals surface area contributed by atoms with Gasteiger partial charge in [-0.2, -0.15) is 13.2 Å². The van der Waals surface area contributed by atoms with Crippen LogP contribution in [0.2, 0.25) is 10.0 Å². The lowest BCUT2D eigenvalue weighted by Crippen LogP contribution is -2.46. The number of ether oxygens (including phenoxy) is 2. The first kappa shape index (κ1) is 28.5. The van der Waals surface area contributed by atoms with Gasteiger partial charge in [-0.05, 0) is 56.0 Å². The maximum absolute atomic E-state index is 13.7. The Morgan fingerprint density at radius 3 is 2.26 bits per heavy atom. The third-order valence-electron chi connectivity index (χ3n) is 6.98. The smallest absolute Gasteiger partial charge is 0.425 e. The fraction of sp³-hybridized carbons (Fsp3) is 0.440. The summed E-state index contributed by atoms with van der Waals surface area (Å²) in [6.45, 7) is 0.530. The molecule has 2 fully saturated rings. The Kier molecular flexibility index (Phi) is 7.68. The minimum Gasteiger partial charge on any atom is -0.481 e. The minimum absolute atomic E-state index is 0.225. The van der Waals surface area contributed by atoms with E-state index in [0.717, 1.165) is 32.2 Å². The van der Waals surface area contributed by atoms with Gasteiger partial charge in [0.25, 0.3) is 0 Å². The molecule has 1 saturated carbocycles. The van der Waals surface area contributed by atoms with Crippen LogP contribution in [0, 0.1) is 0 Å². The van der Waals surface area contributed by atoms with Gasteiger partial charge in [-0.3, -0.25) is 4.79 Å². The molecular weight excluding hydrogens is 570 g/mol. The van der Waals surface area contributed by atoms with Gasteiger partial charge in [0.1, 0.15) is 11.8 Å². The number of likely N-dealkylation sites (tertiary alicyclic amines) is 1. The zero-order valence-corrected chi connectivity index (χ0v) is 22.6. The Balaban J connectivity index is 1.60. The summed E-state index contributed by atoms with van der Waals surface area (Å²) in [6.07, 6.45) is -5.92. The Hall–Kier alpha value is -2.50. The van der Waals surface area contributed by atoms with Crippen molar-refractivity contribution in [1.82, 2.24) is 4.90 Å². The van der Waals surface area contributed by atoms with E-state index in [1.807, 2.05) is 0 Å². The van der Waals surface area contributed by atoms with Crippen LogP contribution in [-0.2, 0) is 29.6 Å². The number of nitrogens with zero attached hydrogens (tertiary/aromatic N) is 1. The van der Waals surface area contributed by atoms with Crippen LogP contribution < -0.4 is 4.74 Å². The highest BCUT2D eigenvalue weighted by Crippen LogP contribution is 2.51. The molecule has 1 aliphatic heterocycles. The minimum atomic E-state index is -4.62. The van der Waals surface area contributed by atoms with Crippen LogP contribution in [0.15, 0.2) is 47.4 Å². The van der Waals surface area contributed by atoms with Crippen molar-refractivity contribution in [1.29, 1.82) is 0 Å². The number of alkyl halides is 3. The second-order valence-corrected chi connectivity index (χ2v) is 12.4. The standard InChI is InChI=1S/C25H24Cl2F3NO6S/c1-14(25(28,29)30)37-17-7-8-21(19(27)11-17)38(34,35)18-12-20(22(32)36-2)31(13-18)23(33)24(9-10-24)15-3-5-16(26)6-4-15/h3-8,11,14,18,20H,9-10,12-13H2,1-2H3/t14-,18+,20-/m0/s1. The molecule has 0 radical (unpaired) electrons. The number of carbonyl (C=O) groups is 2. The number of hydrogen-bond donors (Lipinski definition) is 0. The fourth-order valence-electron chi connectivity index (χ4n) is 4.64. The van der Waals surface area contributed by atoms with E-state index in [-0.39, 0.29) is 34.5 Å². The highest BCUT2D eigenvalue weighted by atomic mass is 35.5. The maximum atomic E-state index is 13.7. The summed E-state index contributed by atoms with van der Waals surface area (Å²) in [5.74, 6) is -1.39. The van der Waals surface area contributed by atoms with Gasteiger partial charge in [-0.1, -0.05) is 35.3 Å². The van der Waals surface area contributed by atoms with Gasteiger partial charge in [0, 0.05) is 17.6 Å². The number of rotatable bonds is 7. The summed E-state index contributed by atoms with van der Waals surface area (Å²) in [6, 6.07) is 8.77. The van der Waals surface area contributed by atoms with Gasteiger partial charge in [-0.25, -0.2) is 13.2 Å². The van der Waals surface area contributed by atoms with Crippen LogP contribution >= 0.6 is 23.2 Å². The first-order valence-corrected chi connectivity index (χ1v) is 13.9. The maximum Gasteiger partial charge on any atom is 0.425 e. The molecule has 0 spiro atoms. The zero-order chi connectivity index (χ0) is 28.0. The molecule has 1 heterocycles. The van der Waals surface area contributed by atoms with Crippen LogP contribution in [0.4, 0.5) is 13.2 Å². The molecule has 1 aliphatic carbocycles. The monoisotopic (exact) mass is 593 g/mol. The van der Waals surface area contributed by atoms with Crippen molar-refractivity contribution in [3.63, 3.8) is 0 Å². The van der Waals surface area contributed by atoms with E-state index in [1.54, 1.807) is 24.3 Å². The molecule has 3 atom stereocenters. The van der Waals surface area contributed by atoms with Crippen molar-refractivity contribution in [3.8, 4) is 5.75 Å². The van der Waals surface area contributed by atoms with Crippen molar-refractivity contribution in [2.45, 2.75) is 60.1 Å². The van der Waals surface area contributed by atoms with E-state index in [4.69, 9.17) is 32.7 Å². The molecule has 38 heavy (non-hydrogen) atoms. The van der Waals surface area contributed by atoms with Gasteiger partial charge in [0.05, 0.1) is 27.7 Å². The lowest BCUT2D eigenvalue weighted by molar-refractivity contribution is -0.189. The first-order valence-electron chi connectivity index (χ1n) is 11.6. The molecule has 7 nitrogen and oxygen atoms in total. The molecule has 13 heteroatoms. The van der Waals surface area contributed by atoms with E-state index in [9.17, 15) is 31.2 Å². The largest absolute Gasteiger partial charge is 0.481 e. The summed E-state index contributed by atoms with van der Waals surface area (Å²) >= 11 is 12.1. The van der Waals surface area contributed by atoms with Crippen molar-refractivity contribution in [3.05, 3.63) is 58.1 Å². The molecule has 0 unspecified atom stereocenters. The molecule has 2 aromatic carbocycles. The van der Waals surface area contributed by atoms with Crippen molar-refractivity contribution < 1.29 is 40.7 Å². The Labute approximate surface area is 227 Å².